The van der Waals surface area contributed by atoms with E-state index in [2.05, 4.69) is 19.2 Å². The lowest BCUT2D eigenvalue weighted by Gasteiger charge is -2.27. The van der Waals surface area contributed by atoms with Gasteiger partial charge in [-0.1, -0.05) is 33.1 Å². The molecule has 3 N–H and O–H groups in total. The molecule has 1 amide bonds. The van der Waals surface area contributed by atoms with E-state index in [1.165, 1.54) is 25.7 Å². The summed E-state index contributed by atoms with van der Waals surface area (Å²) in [6.45, 7) is 5.73. The molecule has 0 heterocycles. The fourth-order valence-electron chi connectivity index (χ4n) is 2.84. The normalized spacial score (nSPS) is 26.5. The summed E-state index contributed by atoms with van der Waals surface area (Å²) in [7, 11) is 0. The molecule has 0 radical (unpaired) electrons. The van der Waals surface area contributed by atoms with Crippen molar-refractivity contribution in [1.82, 2.24) is 5.32 Å². The first-order valence-electron chi connectivity index (χ1n) is 7.15. The second-order valence-corrected chi connectivity index (χ2v) is 5.60. The van der Waals surface area contributed by atoms with Crippen molar-refractivity contribution >= 4 is 5.91 Å². The van der Waals surface area contributed by atoms with E-state index in [1.54, 1.807) is 0 Å². The lowest BCUT2D eigenvalue weighted by atomic mass is 9.82. The van der Waals surface area contributed by atoms with Crippen LogP contribution in [0.3, 0.4) is 0 Å². The lowest BCUT2D eigenvalue weighted by molar-refractivity contribution is -0.125. The van der Waals surface area contributed by atoms with Crippen LogP contribution in [-0.4, -0.2) is 19.0 Å². The maximum atomic E-state index is 11.9. The fourth-order valence-corrected chi connectivity index (χ4v) is 2.84. The average molecular weight is 240 g/mol. The van der Waals surface area contributed by atoms with Crippen molar-refractivity contribution in [3.8, 4) is 0 Å². The fraction of sp³-hybridized carbons (Fsp3) is 0.929. The summed E-state index contributed by atoms with van der Waals surface area (Å²) >= 11 is 0. The number of amides is 1. The molecule has 0 aromatic rings. The van der Waals surface area contributed by atoms with Gasteiger partial charge in [-0.05, 0) is 31.1 Å². The molecule has 3 atom stereocenters. The minimum atomic E-state index is 0.0148. The number of rotatable bonds is 6. The molecule has 1 saturated carbocycles. The molecule has 0 bridgehead atoms. The van der Waals surface area contributed by atoms with Crippen molar-refractivity contribution in [1.29, 1.82) is 0 Å². The van der Waals surface area contributed by atoms with Crippen LogP contribution in [0.5, 0.6) is 0 Å². The van der Waals surface area contributed by atoms with Crippen molar-refractivity contribution in [2.75, 3.05) is 13.1 Å². The third kappa shape index (κ3) is 5.07. The summed E-state index contributed by atoms with van der Waals surface area (Å²) in [5.41, 5.74) is 5.63. The maximum Gasteiger partial charge on any atom is 0.224 e. The van der Waals surface area contributed by atoms with Crippen molar-refractivity contribution < 1.29 is 4.79 Å². The van der Waals surface area contributed by atoms with E-state index in [9.17, 15) is 4.79 Å². The molecule has 0 aromatic carbocycles. The van der Waals surface area contributed by atoms with Crippen molar-refractivity contribution in [2.45, 2.75) is 52.4 Å². The van der Waals surface area contributed by atoms with Crippen LogP contribution in [0.2, 0.25) is 0 Å². The van der Waals surface area contributed by atoms with Crippen LogP contribution < -0.4 is 11.1 Å². The molecule has 3 unspecified atom stereocenters. The molecule has 1 aliphatic rings. The first-order chi connectivity index (χ1) is 8.17. The molecule has 100 valence electrons. The van der Waals surface area contributed by atoms with Crippen LogP contribution in [-0.2, 0) is 4.79 Å². The minimum Gasteiger partial charge on any atom is -0.356 e. The highest BCUT2D eigenvalue weighted by Gasteiger charge is 2.21. The number of carbonyl (C=O) groups excluding carboxylic acids is 1. The molecule has 1 rings (SSSR count). The van der Waals surface area contributed by atoms with Crippen LogP contribution in [0.4, 0.5) is 0 Å². The van der Waals surface area contributed by atoms with Gasteiger partial charge >= 0.3 is 0 Å². The monoisotopic (exact) mass is 240 g/mol. The Kier molecular flexibility index (Phi) is 6.56. The smallest absolute Gasteiger partial charge is 0.224 e. The minimum absolute atomic E-state index is 0.0148. The van der Waals surface area contributed by atoms with Gasteiger partial charge in [0.25, 0.3) is 0 Å². The average Bonchev–Trinajstić information content (AvgIpc) is 2.33. The van der Waals surface area contributed by atoms with Gasteiger partial charge in [0.15, 0.2) is 0 Å². The molecule has 3 heteroatoms. The Balaban J connectivity index is 2.26. The molecular weight excluding hydrogens is 212 g/mol. The second-order valence-electron chi connectivity index (χ2n) is 5.60. The first-order valence-corrected chi connectivity index (χ1v) is 7.15. The molecule has 17 heavy (non-hydrogen) atoms. The van der Waals surface area contributed by atoms with Gasteiger partial charge in [0, 0.05) is 13.1 Å². The van der Waals surface area contributed by atoms with Gasteiger partial charge < -0.3 is 11.1 Å². The maximum absolute atomic E-state index is 11.9. The zero-order valence-electron chi connectivity index (χ0n) is 11.4. The molecule has 1 fully saturated rings. The van der Waals surface area contributed by atoms with Gasteiger partial charge in [-0.15, -0.1) is 0 Å². The van der Waals surface area contributed by atoms with Crippen LogP contribution >= 0.6 is 0 Å². The van der Waals surface area contributed by atoms with Crippen LogP contribution in [0.25, 0.3) is 0 Å². The van der Waals surface area contributed by atoms with Gasteiger partial charge in [-0.2, -0.15) is 0 Å². The van der Waals surface area contributed by atoms with E-state index in [0.717, 1.165) is 25.3 Å². The van der Waals surface area contributed by atoms with Gasteiger partial charge in [0.1, 0.15) is 0 Å². The quantitative estimate of drug-likeness (QED) is 0.748. The zero-order valence-corrected chi connectivity index (χ0v) is 11.4. The zero-order chi connectivity index (χ0) is 12.7. The second kappa shape index (κ2) is 7.70. The molecule has 0 aromatic heterocycles. The Bertz CT molecular complexity index is 230. The van der Waals surface area contributed by atoms with E-state index in [-0.39, 0.29) is 11.8 Å². The highest BCUT2D eigenvalue weighted by atomic mass is 16.1. The summed E-state index contributed by atoms with van der Waals surface area (Å²) in [5, 5.41) is 3.09. The molecule has 3 nitrogen and oxygen atoms in total. The number of carbonyl (C=O) groups is 1. The third-order valence-electron chi connectivity index (χ3n) is 3.90. The van der Waals surface area contributed by atoms with Gasteiger partial charge in [0.05, 0.1) is 5.92 Å². The van der Waals surface area contributed by atoms with E-state index in [4.69, 9.17) is 5.73 Å². The predicted octanol–water partition coefficient (Wildman–Crippen LogP) is 2.30. The Morgan fingerprint density at radius 2 is 2.24 bits per heavy atom. The number of hydrogen-bond donors (Lipinski definition) is 2. The Labute approximate surface area is 106 Å². The van der Waals surface area contributed by atoms with Crippen molar-refractivity contribution in [2.24, 2.45) is 23.5 Å². The molecule has 1 aliphatic carbocycles. The van der Waals surface area contributed by atoms with E-state index >= 15 is 0 Å². The van der Waals surface area contributed by atoms with Gasteiger partial charge in [-0.25, -0.2) is 0 Å². The highest BCUT2D eigenvalue weighted by molar-refractivity contribution is 5.78. The summed E-state index contributed by atoms with van der Waals surface area (Å²) < 4.78 is 0. The number of hydrogen-bond acceptors (Lipinski definition) is 2. The molecule has 0 aliphatic heterocycles. The molecule has 0 spiro atoms. The van der Waals surface area contributed by atoms with Crippen molar-refractivity contribution in [3.63, 3.8) is 0 Å². The highest BCUT2D eigenvalue weighted by Crippen LogP contribution is 2.27. The molecule has 0 saturated heterocycles. The largest absolute Gasteiger partial charge is 0.356 e. The van der Waals surface area contributed by atoms with Crippen molar-refractivity contribution in [3.05, 3.63) is 0 Å². The topological polar surface area (TPSA) is 55.1 Å². The Morgan fingerprint density at radius 3 is 2.82 bits per heavy atom. The standard InChI is InChI=1S/C14H28N2O/c1-3-5-13(9-15)14(17)16-10-12-7-4-6-11(2)8-12/h11-13H,3-10,15H2,1-2H3,(H,16,17). The number of nitrogens with two attached hydrogens (primary N) is 1. The predicted molar refractivity (Wildman–Crippen MR) is 71.6 cm³/mol. The van der Waals surface area contributed by atoms with E-state index in [1.807, 2.05) is 0 Å². The van der Waals surface area contributed by atoms with Gasteiger partial charge in [0.2, 0.25) is 5.91 Å². The summed E-state index contributed by atoms with van der Waals surface area (Å²) in [4.78, 5) is 11.9. The van der Waals surface area contributed by atoms with Crippen LogP contribution in [0.1, 0.15) is 52.4 Å². The summed E-state index contributed by atoms with van der Waals surface area (Å²) in [6.07, 6.45) is 7.13. The summed E-state index contributed by atoms with van der Waals surface area (Å²) in [5.74, 6) is 1.68. The van der Waals surface area contributed by atoms with E-state index in [0.29, 0.717) is 12.5 Å². The third-order valence-corrected chi connectivity index (χ3v) is 3.90. The first kappa shape index (κ1) is 14.5. The lowest BCUT2D eigenvalue weighted by Crippen LogP contribution is -2.38. The molecular formula is C14H28N2O. The van der Waals surface area contributed by atoms with Crippen LogP contribution in [0.15, 0.2) is 0 Å². The Hall–Kier alpha value is -0.570. The van der Waals surface area contributed by atoms with E-state index < -0.39 is 0 Å². The van der Waals surface area contributed by atoms with Crippen LogP contribution in [0, 0.1) is 17.8 Å². The SMILES string of the molecule is CCCC(CN)C(=O)NCC1CCCC(C)C1. The summed E-state index contributed by atoms with van der Waals surface area (Å²) in [6, 6.07) is 0. The van der Waals surface area contributed by atoms with Gasteiger partial charge in [-0.3, -0.25) is 4.79 Å². The number of nitrogens with one attached hydrogen (secondary N) is 1. The Morgan fingerprint density at radius 1 is 1.47 bits per heavy atom.